The van der Waals surface area contributed by atoms with Crippen molar-refractivity contribution in [2.75, 3.05) is 13.2 Å². The Bertz CT molecular complexity index is 201. The summed E-state index contributed by atoms with van der Waals surface area (Å²) in [6.45, 7) is 1.29. The number of hydrogen-bond donors (Lipinski definition) is 3. The van der Waals surface area contributed by atoms with E-state index in [0.29, 0.717) is 6.61 Å². The lowest BCUT2D eigenvalue weighted by atomic mass is 10.0. The summed E-state index contributed by atoms with van der Waals surface area (Å²) in [5.74, 6) is 0. The zero-order valence-electron chi connectivity index (χ0n) is 12.5. The Labute approximate surface area is 118 Å². The summed E-state index contributed by atoms with van der Waals surface area (Å²) >= 11 is 0. The van der Waals surface area contributed by atoms with E-state index in [4.69, 9.17) is 5.11 Å². The minimum Gasteiger partial charge on any atom is -0.396 e. The second-order valence-electron chi connectivity index (χ2n) is 6.07. The summed E-state index contributed by atoms with van der Waals surface area (Å²) < 4.78 is 0. The second kappa shape index (κ2) is 10.6. The Morgan fingerprint density at radius 3 is 1.84 bits per heavy atom. The smallest absolute Gasteiger partial charge is 0.116 e. The highest BCUT2D eigenvalue weighted by Gasteiger charge is 2.26. The molecule has 0 heterocycles. The third-order valence-corrected chi connectivity index (χ3v) is 4.22. The maximum Gasteiger partial charge on any atom is 0.116 e. The highest BCUT2D eigenvalue weighted by molar-refractivity contribution is 4.78. The molecule has 0 aliphatic heterocycles. The summed E-state index contributed by atoms with van der Waals surface area (Å²) in [4.78, 5) is 0. The number of aliphatic hydroxyl groups is 2. The zero-order chi connectivity index (χ0) is 13.8. The minimum absolute atomic E-state index is 0.336. The van der Waals surface area contributed by atoms with Crippen LogP contribution in [0.2, 0.25) is 0 Å². The Balaban J connectivity index is 1.92. The van der Waals surface area contributed by atoms with E-state index in [-0.39, 0.29) is 0 Å². The van der Waals surface area contributed by atoms with Crippen molar-refractivity contribution in [3.8, 4) is 0 Å². The maximum atomic E-state index is 10.4. The fraction of sp³-hybridized carbons (Fsp3) is 1.00. The number of rotatable bonds is 10. The van der Waals surface area contributed by atoms with Crippen LogP contribution in [0, 0.1) is 0 Å². The van der Waals surface area contributed by atoms with E-state index >= 15 is 0 Å². The van der Waals surface area contributed by atoms with Crippen LogP contribution in [0.5, 0.6) is 0 Å². The van der Waals surface area contributed by atoms with Gasteiger partial charge in [0.25, 0.3) is 0 Å². The van der Waals surface area contributed by atoms with Crippen molar-refractivity contribution >= 4 is 0 Å². The molecule has 1 aliphatic carbocycles. The molecule has 1 rings (SSSR count). The molecule has 0 amide bonds. The molecule has 3 nitrogen and oxygen atoms in total. The standard InChI is InChI=1S/C16H33NO2/c18-15-11-7-3-1-2-6-10-14-17-16(19)12-8-4-5-9-13-16/h17-19H,1-15H2. The summed E-state index contributed by atoms with van der Waals surface area (Å²) in [7, 11) is 0. The van der Waals surface area contributed by atoms with Crippen LogP contribution in [0.3, 0.4) is 0 Å². The predicted molar refractivity (Wildman–Crippen MR) is 80.1 cm³/mol. The van der Waals surface area contributed by atoms with E-state index < -0.39 is 5.72 Å². The second-order valence-corrected chi connectivity index (χ2v) is 6.07. The van der Waals surface area contributed by atoms with Gasteiger partial charge in [-0.3, -0.25) is 5.32 Å². The molecule has 19 heavy (non-hydrogen) atoms. The van der Waals surface area contributed by atoms with E-state index in [1.165, 1.54) is 44.9 Å². The summed E-state index contributed by atoms with van der Waals surface area (Å²) in [5.41, 5.74) is -0.572. The van der Waals surface area contributed by atoms with E-state index in [1.807, 2.05) is 0 Å². The van der Waals surface area contributed by atoms with Crippen LogP contribution < -0.4 is 5.32 Å². The van der Waals surface area contributed by atoms with Crippen molar-refractivity contribution < 1.29 is 10.2 Å². The fourth-order valence-electron chi connectivity index (χ4n) is 2.93. The van der Waals surface area contributed by atoms with Crippen molar-refractivity contribution in [3.05, 3.63) is 0 Å². The molecule has 3 heteroatoms. The SMILES string of the molecule is OCCCCCCCCCNC1(O)CCCCCC1. The third kappa shape index (κ3) is 8.61. The van der Waals surface area contributed by atoms with Crippen LogP contribution in [-0.2, 0) is 0 Å². The molecular formula is C16H33NO2. The largest absolute Gasteiger partial charge is 0.396 e. The highest BCUT2D eigenvalue weighted by Crippen LogP contribution is 2.24. The summed E-state index contributed by atoms with van der Waals surface area (Å²) in [6, 6.07) is 0. The number of hydrogen-bond acceptors (Lipinski definition) is 3. The first-order valence-electron chi connectivity index (χ1n) is 8.35. The summed E-state index contributed by atoms with van der Waals surface area (Å²) in [6.07, 6.45) is 15.1. The third-order valence-electron chi connectivity index (χ3n) is 4.22. The molecule has 0 aromatic carbocycles. The van der Waals surface area contributed by atoms with Gasteiger partial charge in [0.1, 0.15) is 5.72 Å². The van der Waals surface area contributed by atoms with Gasteiger partial charge in [0.05, 0.1) is 0 Å². The Kier molecular flexibility index (Phi) is 9.48. The Morgan fingerprint density at radius 1 is 0.737 bits per heavy atom. The number of aliphatic hydroxyl groups excluding tert-OH is 1. The molecule has 0 aromatic rings. The van der Waals surface area contributed by atoms with E-state index in [9.17, 15) is 5.11 Å². The molecule has 0 bridgehead atoms. The molecule has 1 fully saturated rings. The Morgan fingerprint density at radius 2 is 1.26 bits per heavy atom. The van der Waals surface area contributed by atoms with Crippen LogP contribution in [0.1, 0.15) is 83.5 Å². The molecule has 0 saturated heterocycles. The first-order valence-corrected chi connectivity index (χ1v) is 8.35. The molecule has 0 aromatic heterocycles. The van der Waals surface area contributed by atoms with Gasteiger partial charge in [0, 0.05) is 6.61 Å². The quantitative estimate of drug-likeness (QED) is 0.324. The average Bonchev–Trinajstić information content (AvgIpc) is 2.62. The lowest BCUT2D eigenvalue weighted by Gasteiger charge is -2.28. The van der Waals surface area contributed by atoms with Crippen LogP contribution in [0.15, 0.2) is 0 Å². The first-order chi connectivity index (χ1) is 9.27. The number of nitrogens with one attached hydrogen (secondary N) is 1. The lowest BCUT2D eigenvalue weighted by molar-refractivity contribution is -0.00906. The van der Waals surface area contributed by atoms with Gasteiger partial charge in [0.15, 0.2) is 0 Å². The van der Waals surface area contributed by atoms with Gasteiger partial charge in [-0.25, -0.2) is 0 Å². The Hall–Kier alpha value is -0.120. The van der Waals surface area contributed by atoms with Gasteiger partial charge in [-0.15, -0.1) is 0 Å². The molecule has 0 atom stereocenters. The molecule has 1 aliphatic rings. The van der Waals surface area contributed by atoms with Crippen molar-refractivity contribution in [2.45, 2.75) is 89.2 Å². The zero-order valence-corrected chi connectivity index (χ0v) is 12.5. The van der Waals surface area contributed by atoms with Gasteiger partial charge < -0.3 is 10.2 Å². The lowest BCUT2D eigenvalue weighted by Crippen LogP contribution is -2.45. The van der Waals surface area contributed by atoms with Crippen molar-refractivity contribution in [1.29, 1.82) is 0 Å². The topological polar surface area (TPSA) is 52.5 Å². The maximum absolute atomic E-state index is 10.4. The molecule has 0 unspecified atom stereocenters. The van der Waals surface area contributed by atoms with Gasteiger partial charge in [-0.2, -0.15) is 0 Å². The van der Waals surface area contributed by atoms with Crippen LogP contribution in [0.25, 0.3) is 0 Å². The first kappa shape index (κ1) is 16.9. The molecule has 114 valence electrons. The molecular weight excluding hydrogens is 238 g/mol. The normalized spacial score (nSPS) is 19.3. The fourth-order valence-corrected chi connectivity index (χ4v) is 2.93. The molecule has 0 spiro atoms. The van der Waals surface area contributed by atoms with Crippen LogP contribution in [-0.4, -0.2) is 29.1 Å². The van der Waals surface area contributed by atoms with Gasteiger partial charge in [-0.1, -0.05) is 44.9 Å². The molecule has 0 radical (unpaired) electrons. The van der Waals surface area contributed by atoms with E-state index in [1.54, 1.807) is 0 Å². The summed E-state index contributed by atoms with van der Waals surface area (Å²) in [5, 5.41) is 22.5. The van der Waals surface area contributed by atoms with E-state index in [2.05, 4.69) is 5.32 Å². The average molecular weight is 271 g/mol. The van der Waals surface area contributed by atoms with Gasteiger partial charge >= 0.3 is 0 Å². The van der Waals surface area contributed by atoms with Crippen LogP contribution in [0.4, 0.5) is 0 Å². The minimum atomic E-state index is -0.572. The van der Waals surface area contributed by atoms with Gasteiger partial charge in [-0.05, 0) is 45.1 Å². The van der Waals surface area contributed by atoms with Crippen molar-refractivity contribution in [2.24, 2.45) is 0 Å². The van der Waals surface area contributed by atoms with E-state index in [0.717, 1.165) is 45.1 Å². The van der Waals surface area contributed by atoms with Crippen molar-refractivity contribution in [3.63, 3.8) is 0 Å². The highest BCUT2D eigenvalue weighted by atomic mass is 16.3. The predicted octanol–water partition coefficient (Wildman–Crippen LogP) is 3.34. The number of unbranched alkanes of at least 4 members (excludes halogenated alkanes) is 6. The molecule has 3 N–H and O–H groups in total. The molecule has 1 saturated carbocycles. The van der Waals surface area contributed by atoms with Crippen molar-refractivity contribution in [1.82, 2.24) is 5.32 Å². The van der Waals surface area contributed by atoms with Gasteiger partial charge in [0.2, 0.25) is 0 Å². The monoisotopic (exact) mass is 271 g/mol. The van der Waals surface area contributed by atoms with Crippen LogP contribution >= 0.6 is 0 Å².